The van der Waals surface area contributed by atoms with E-state index < -0.39 is 13.9 Å². The van der Waals surface area contributed by atoms with Gasteiger partial charge in [-0.25, -0.2) is 4.57 Å². The van der Waals surface area contributed by atoms with Crippen molar-refractivity contribution in [2.24, 2.45) is 5.73 Å². The molecule has 8 nitrogen and oxygen atoms in total. The number of nitrogens with two attached hydrogens (primary N) is 1. The van der Waals surface area contributed by atoms with Gasteiger partial charge in [-0.15, -0.1) is 0 Å². The van der Waals surface area contributed by atoms with Crippen LogP contribution in [-0.4, -0.2) is 49.9 Å². The van der Waals surface area contributed by atoms with Crippen LogP contribution in [0.5, 0.6) is 0 Å². The first-order valence-electron chi connectivity index (χ1n) is 22.3. The second-order valence-electron chi connectivity index (χ2n) is 14.9. The molecule has 0 spiro atoms. The largest absolute Gasteiger partial charge is 0.472 e. The van der Waals surface area contributed by atoms with Crippen molar-refractivity contribution >= 4 is 13.8 Å². The van der Waals surface area contributed by atoms with Crippen molar-refractivity contribution < 1.29 is 32.8 Å². The van der Waals surface area contributed by atoms with E-state index in [9.17, 15) is 14.3 Å². The minimum absolute atomic E-state index is 0.0959. The Bertz CT molecular complexity index is 869. The van der Waals surface area contributed by atoms with E-state index in [-0.39, 0.29) is 32.3 Å². The van der Waals surface area contributed by atoms with E-state index in [0.717, 1.165) is 44.9 Å². The zero-order valence-electron chi connectivity index (χ0n) is 34.8. The van der Waals surface area contributed by atoms with Gasteiger partial charge in [0.15, 0.2) is 0 Å². The molecular formula is C44H86NO7P. The Morgan fingerprint density at radius 3 is 1.42 bits per heavy atom. The minimum Gasteiger partial charge on any atom is -0.457 e. The summed E-state index contributed by atoms with van der Waals surface area (Å²) in [6, 6.07) is 0. The topological polar surface area (TPSA) is 117 Å². The van der Waals surface area contributed by atoms with Crippen LogP contribution in [-0.2, 0) is 27.9 Å². The molecule has 0 radical (unpaired) electrons. The highest BCUT2D eigenvalue weighted by molar-refractivity contribution is 7.47. The summed E-state index contributed by atoms with van der Waals surface area (Å²) in [5.74, 6) is -0.339. The Hall–Kier alpha value is -1.02. The maximum Gasteiger partial charge on any atom is 0.472 e. The number of ether oxygens (including phenoxy) is 2. The van der Waals surface area contributed by atoms with Crippen LogP contribution >= 0.6 is 7.82 Å². The Morgan fingerprint density at radius 1 is 0.547 bits per heavy atom. The number of rotatable bonds is 43. The monoisotopic (exact) mass is 772 g/mol. The van der Waals surface area contributed by atoms with Crippen LogP contribution in [0, 0.1) is 0 Å². The molecule has 9 heteroatoms. The summed E-state index contributed by atoms with van der Waals surface area (Å²) in [5.41, 5.74) is 5.37. The number of hydrogen-bond acceptors (Lipinski definition) is 7. The van der Waals surface area contributed by atoms with Gasteiger partial charge in [-0.3, -0.25) is 13.8 Å². The number of unbranched alkanes of at least 4 members (excludes halogenated alkanes) is 26. The van der Waals surface area contributed by atoms with Crippen LogP contribution in [0.25, 0.3) is 0 Å². The maximum absolute atomic E-state index is 12.5. The van der Waals surface area contributed by atoms with Gasteiger partial charge in [-0.05, 0) is 64.2 Å². The molecule has 2 unspecified atom stereocenters. The summed E-state index contributed by atoms with van der Waals surface area (Å²) in [4.78, 5) is 22.4. The van der Waals surface area contributed by atoms with E-state index in [0.29, 0.717) is 13.0 Å². The first kappa shape index (κ1) is 52.0. The van der Waals surface area contributed by atoms with E-state index in [2.05, 4.69) is 38.2 Å². The fourth-order valence-corrected chi connectivity index (χ4v) is 7.05. The van der Waals surface area contributed by atoms with E-state index in [1.807, 2.05) is 0 Å². The number of phosphoric ester groups is 1. The molecule has 53 heavy (non-hydrogen) atoms. The lowest BCUT2D eigenvalue weighted by atomic mass is 10.1. The molecule has 3 N–H and O–H groups in total. The third-order valence-corrected chi connectivity index (χ3v) is 10.6. The fraction of sp³-hybridized carbons (Fsp3) is 0.886. The summed E-state index contributed by atoms with van der Waals surface area (Å²) in [6.07, 6.45) is 46.3. The fourth-order valence-electron chi connectivity index (χ4n) is 6.28. The molecule has 0 saturated carbocycles. The van der Waals surface area contributed by atoms with Crippen molar-refractivity contribution in [1.82, 2.24) is 0 Å². The summed E-state index contributed by atoms with van der Waals surface area (Å²) in [6.45, 7) is 4.91. The highest BCUT2D eigenvalue weighted by Crippen LogP contribution is 2.43. The number of esters is 1. The van der Waals surface area contributed by atoms with Crippen molar-refractivity contribution in [2.45, 2.75) is 219 Å². The highest BCUT2D eigenvalue weighted by Gasteiger charge is 2.25. The lowest BCUT2D eigenvalue weighted by molar-refractivity contribution is -0.154. The smallest absolute Gasteiger partial charge is 0.457 e. The maximum atomic E-state index is 12.5. The third kappa shape index (κ3) is 42.0. The molecule has 314 valence electrons. The number of carbonyl (C=O) groups excluding carboxylic acids is 1. The summed E-state index contributed by atoms with van der Waals surface area (Å²) in [7, 11) is -4.27. The molecule has 0 heterocycles. The quantitative estimate of drug-likeness (QED) is 0.0272. The standard InChI is InChI=1S/C44H86NO7P/c1-3-5-7-9-11-13-15-17-18-19-20-21-22-23-24-25-26-28-30-32-34-36-39-49-41-43(42-51-53(47,48)50-40-38-45)52-44(46)37-35-33-31-29-27-16-14-12-10-8-6-4-2/h12,14,19-20,43H,3-11,13,15-18,21-42,45H2,1-2H3,(H,47,48)/b14-12-,20-19-. The molecule has 0 aliphatic heterocycles. The van der Waals surface area contributed by atoms with Gasteiger partial charge in [0, 0.05) is 19.6 Å². The average Bonchev–Trinajstić information content (AvgIpc) is 3.15. The Morgan fingerprint density at radius 2 is 0.943 bits per heavy atom. The van der Waals surface area contributed by atoms with Crippen LogP contribution in [0.2, 0.25) is 0 Å². The zero-order chi connectivity index (χ0) is 38.8. The first-order valence-corrected chi connectivity index (χ1v) is 23.8. The Balaban J connectivity index is 3.94. The van der Waals surface area contributed by atoms with Gasteiger partial charge in [-0.2, -0.15) is 0 Å². The van der Waals surface area contributed by atoms with Crippen LogP contribution < -0.4 is 5.73 Å². The molecule has 0 aliphatic rings. The van der Waals surface area contributed by atoms with Gasteiger partial charge in [0.25, 0.3) is 0 Å². The number of hydrogen-bond donors (Lipinski definition) is 2. The minimum atomic E-state index is -4.27. The van der Waals surface area contributed by atoms with Gasteiger partial charge < -0.3 is 20.1 Å². The molecule has 0 saturated heterocycles. The zero-order valence-corrected chi connectivity index (χ0v) is 35.7. The molecule has 0 aromatic carbocycles. The van der Waals surface area contributed by atoms with E-state index in [1.165, 1.54) is 148 Å². The number of allylic oxidation sites excluding steroid dienone is 4. The molecule has 0 amide bonds. The molecule has 0 aromatic heterocycles. The van der Waals surface area contributed by atoms with Crippen molar-refractivity contribution in [3.63, 3.8) is 0 Å². The number of carbonyl (C=O) groups is 1. The van der Waals surface area contributed by atoms with Crippen molar-refractivity contribution in [2.75, 3.05) is 33.0 Å². The van der Waals surface area contributed by atoms with Crippen LogP contribution in [0.1, 0.15) is 213 Å². The second kappa shape index (κ2) is 42.1. The van der Waals surface area contributed by atoms with Gasteiger partial charge in [0.1, 0.15) is 6.10 Å². The van der Waals surface area contributed by atoms with Crippen molar-refractivity contribution in [1.29, 1.82) is 0 Å². The lowest BCUT2D eigenvalue weighted by Gasteiger charge is -2.20. The molecule has 0 fully saturated rings. The molecule has 0 aromatic rings. The summed E-state index contributed by atoms with van der Waals surface area (Å²) in [5, 5.41) is 0. The summed E-state index contributed by atoms with van der Waals surface area (Å²) >= 11 is 0. The van der Waals surface area contributed by atoms with Gasteiger partial charge in [0.2, 0.25) is 0 Å². The van der Waals surface area contributed by atoms with Gasteiger partial charge in [0.05, 0.1) is 19.8 Å². The summed E-state index contributed by atoms with van der Waals surface area (Å²) < 4.78 is 33.4. The third-order valence-electron chi connectivity index (χ3n) is 9.59. The van der Waals surface area contributed by atoms with Crippen molar-refractivity contribution in [3.8, 4) is 0 Å². The normalized spacial score (nSPS) is 13.7. The Labute approximate surface area is 327 Å². The SMILES string of the molecule is CCCCC/C=C\CCCCCCCC(=O)OC(COCCCCCCCCCCCC/C=C\CCCCCCCCCC)COP(=O)(O)OCCN. The predicted molar refractivity (Wildman–Crippen MR) is 224 cm³/mol. The van der Waals surface area contributed by atoms with Gasteiger partial charge in [-0.1, -0.05) is 167 Å². The first-order chi connectivity index (χ1) is 25.9. The van der Waals surface area contributed by atoms with Crippen LogP contribution in [0.3, 0.4) is 0 Å². The van der Waals surface area contributed by atoms with E-state index >= 15 is 0 Å². The molecule has 0 aliphatic carbocycles. The second-order valence-corrected chi connectivity index (χ2v) is 16.4. The Kier molecular flexibility index (Phi) is 41.3. The highest BCUT2D eigenvalue weighted by atomic mass is 31.2. The molecule has 0 rings (SSSR count). The molecule has 2 atom stereocenters. The van der Waals surface area contributed by atoms with Crippen LogP contribution in [0.15, 0.2) is 24.3 Å². The average molecular weight is 772 g/mol. The van der Waals surface area contributed by atoms with Crippen molar-refractivity contribution in [3.05, 3.63) is 24.3 Å². The molecule has 0 bridgehead atoms. The van der Waals surface area contributed by atoms with Crippen LogP contribution in [0.4, 0.5) is 0 Å². The molecular weight excluding hydrogens is 685 g/mol. The predicted octanol–water partition coefficient (Wildman–Crippen LogP) is 13.3. The van der Waals surface area contributed by atoms with E-state index in [4.69, 9.17) is 24.3 Å². The van der Waals surface area contributed by atoms with Gasteiger partial charge >= 0.3 is 13.8 Å². The van der Waals surface area contributed by atoms with E-state index in [1.54, 1.807) is 0 Å². The lowest BCUT2D eigenvalue weighted by Crippen LogP contribution is -2.28. The number of phosphoric acid groups is 1.